The molecule has 3 heteroatoms. The Bertz CT molecular complexity index is 248. The predicted octanol–water partition coefficient (Wildman–Crippen LogP) is 2.94. The summed E-state index contributed by atoms with van der Waals surface area (Å²) in [7, 11) is 0. The topological polar surface area (TPSA) is 25.2 Å². The molecule has 0 fully saturated rings. The van der Waals surface area contributed by atoms with Gasteiger partial charge >= 0.3 is 0 Å². The molecule has 0 amide bonds. The van der Waals surface area contributed by atoms with Crippen LogP contribution >= 0.6 is 11.8 Å². The highest BCUT2D eigenvalue weighted by Crippen LogP contribution is 2.06. The molecule has 0 bridgehead atoms. The summed E-state index contributed by atoms with van der Waals surface area (Å²) in [4.78, 5) is 0. The van der Waals surface area contributed by atoms with E-state index in [0.717, 1.165) is 12.2 Å². The zero-order valence-corrected chi connectivity index (χ0v) is 10.6. The summed E-state index contributed by atoms with van der Waals surface area (Å²) in [5.41, 5.74) is 0. The molecule has 2 unspecified atom stereocenters. The molecule has 1 heterocycles. The summed E-state index contributed by atoms with van der Waals surface area (Å²) in [6.07, 6.45) is 2.70. The van der Waals surface area contributed by atoms with Crippen LogP contribution < -0.4 is 5.32 Å². The molecular formula is C12H21NOS. The number of thioether (sulfide) groups is 1. The van der Waals surface area contributed by atoms with Crippen molar-refractivity contribution >= 4 is 11.8 Å². The molecule has 0 saturated carbocycles. The van der Waals surface area contributed by atoms with E-state index in [1.54, 1.807) is 6.26 Å². The Morgan fingerprint density at radius 3 is 2.80 bits per heavy atom. The van der Waals surface area contributed by atoms with Gasteiger partial charge in [-0.2, -0.15) is 11.8 Å². The second-order valence-corrected chi connectivity index (χ2v) is 5.23. The molecule has 86 valence electrons. The normalized spacial score (nSPS) is 15.1. The maximum Gasteiger partial charge on any atom is 0.105 e. The average Bonchev–Trinajstić information content (AvgIpc) is 2.67. The standard InChI is InChI=1S/C12H21NOS/c1-4-15-9-11(3)13-10(2)8-12-6-5-7-14-12/h5-7,10-11,13H,4,8-9H2,1-3H3. The Kier molecular flexibility index (Phi) is 5.88. The molecule has 2 nitrogen and oxygen atoms in total. The van der Waals surface area contributed by atoms with Gasteiger partial charge in [0, 0.05) is 24.3 Å². The molecule has 0 aromatic carbocycles. The van der Waals surface area contributed by atoms with Gasteiger partial charge in [0.05, 0.1) is 6.26 Å². The van der Waals surface area contributed by atoms with Crippen molar-refractivity contribution in [3.63, 3.8) is 0 Å². The molecule has 1 rings (SSSR count). The summed E-state index contributed by atoms with van der Waals surface area (Å²) in [6, 6.07) is 5.02. The van der Waals surface area contributed by atoms with Crippen molar-refractivity contribution in [3.05, 3.63) is 24.2 Å². The van der Waals surface area contributed by atoms with Crippen LogP contribution in [0, 0.1) is 0 Å². The fourth-order valence-corrected chi connectivity index (χ4v) is 2.30. The van der Waals surface area contributed by atoms with Crippen LogP contribution in [0.25, 0.3) is 0 Å². The first-order valence-electron chi connectivity index (χ1n) is 5.58. The van der Waals surface area contributed by atoms with E-state index < -0.39 is 0 Å². The lowest BCUT2D eigenvalue weighted by Gasteiger charge is -2.18. The Morgan fingerprint density at radius 1 is 1.40 bits per heavy atom. The van der Waals surface area contributed by atoms with E-state index in [2.05, 4.69) is 26.1 Å². The van der Waals surface area contributed by atoms with Gasteiger partial charge in [-0.1, -0.05) is 6.92 Å². The lowest BCUT2D eigenvalue weighted by molar-refractivity contribution is 0.436. The molecule has 2 atom stereocenters. The molecule has 0 aliphatic heterocycles. The summed E-state index contributed by atoms with van der Waals surface area (Å²) in [6.45, 7) is 6.64. The van der Waals surface area contributed by atoms with Gasteiger partial charge in [0.25, 0.3) is 0 Å². The Balaban J connectivity index is 2.20. The second kappa shape index (κ2) is 6.96. The lowest BCUT2D eigenvalue weighted by atomic mass is 10.2. The van der Waals surface area contributed by atoms with Crippen molar-refractivity contribution in [1.82, 2.24) is 5.32 Å². The largest absolute Gasteiger partial charge is 0.469 e. The van der Waals surface area contributed by atoms with E-state index in [9.17, 15) is 0 Å². The summed E-state index contributed by atoms with van der Waals surface area (Å²) in [5, 5.41) is 3.57. The van der Waals surface area contributed by atoms with Crippen LogP contribution in [0.15, 0.2) is 22.8 Å². The van der Waals surface area contributed by atoms with Crippen molar-refractivity contribution < 1.29 is 4.42 Å². The molecular weight excluding hydrogens is 206 g/mol. The summed E-state index contributed by atoms with van der Waals surface area (Å²) < 4.78 is 5.32. The molecule has 15 heavy (non-hydrogen) atoms. The zero-order valence-electron chi connectivity index (χ0n) is 9.82. The predicted molar refractivity (Wildman–Crippen MR) is 67.5 cm³/mol. The molecule has 1 aromatic rings. The Hall–Kier alpha value is -0.410. The van der Waals surface area contributed by atoms with Gasteiger partial charge in [-0.15, -0.1) is 0 Å². The van der Waals surface area contributed by atoms with Crippen molar-refractivity contribution in [3.8, 4) is 0 Å². The van der Waals surface area contributed by atoms with E-state index in [0.29, 0.717) is 12.1 Å². The fraction of sp³-hybridized carbons (Fsp3) is 0.667. The van der Waals surface area contributed by atoms with Gasteiger partial charge in [0.2, 0.25) is 0 Å². The van der Waals surface area contributed by atoms with Crippen LogP contribution in [0.1, 0.15) is 26.5 Å². The molecule has 0 radical (unpaired) electrons. The monoisotopic (exact) mass is 227 g/mol. The minimum Gasteiger partial charge on any atom is -0.469 e. The van der Waals surface area contributed by atoms with Crippen molar-refractivity contribution in [2.24, 2.45) is 0 Å². The van der Waals surface area contributed by atoms with Crippen LogP contribution in [-0.4, -0.2) is 23.6 Å². The van der Waals surface area contributed by atoms with Gasteiger partial charge in [0.15, 0.2) is 0 Å². The maximum atomic E-state index is 5.32. The van der Waals surface area contributed by atoms with Crippen molar-refractivity contribution in [2.45, 2.75) is 39.3 Å². The SMILES string of the molecule is CCSCC(C)NC(C)Cc1ccco1. The van der Waals surface area contributed by atoms with E-state index in [4.69, 9.17) is 4.42 Å². The number of nitrogens with one attached hydrogen (secondary N) is 1. The Morgan fingerprint density at radius 2 is 2.20 bits per heavy atom. The molecule has 1 aromatic heterocycles. The van der Waals surface area contributed by atoms with Crippen LogP contribution in [0.2, 0.25) is 0 Å². The fourth-order valence-electron chi connectivity index (χ4n) is 1.62. The van der Waals surface area contributed by atoms with E-state index in [1.165, 1.54) is 11.5 Å². The third-order valence-electron chi connectivity index (χ3n) is 2.23. The zero-order chi connectivity index (χ0) is 11.1. The molecule has 0 aliphatic carbocycles. The quantitative estimate of drug-likeness (QED) is 0.775. The minimum atomic E-state index is 0.476. The maximum absolute atomic E-state index is 5.32. The third-order valence-corrected chi connectivity index (χ3v) is 3.37. The second-order valence-electron chi connectivity index (χ2n) is 3.91. The number of rotatable bonds is 7. The first kappa shape index (κ1) is 12.7. The Labute approximate surface area is 96.8 Å². The number of furan rings is 1. The van der Waals surface area contributed by atoms with Gasteiger partial charge in [0.1, 0.15) is 5.76 Å². The molecule has 0 aliphatic rings. The highest BCUT2D eigenvalue weighted by molar-refractivity contribution is 7.99. The van der Waals surface area contributed by atoms with Crippen molar-refractivity contribution in [1.29, 1.82) is 0 Å². The average molecular weight is 227 g/mol. The van der Waals surface area contributed by atoms with Crippen molar-refractivity contribution in [2.75, 3.05) is 11.5 Å². The number of hydrogen-bond acceptors (Lipinski definition) is 3. The van der Waals surface area contributed by atoms with Crippen LogP contribution in [0.3, 0.4) is 0 Å². The van der Waals surface area contributed by atoms with Gasteiger partial charge in [-0.3, -0.25) is 0 Å². The molecule has 0 spiro atoms. The lowest BCUT2D eigenvalue weighted by Crippen LogP contribution is -2.37. The van der Waals surface area contributed by atoms with Gasteiger partial charge in [-0.25, -0.2) is 0 Å². The first-order valence-corrected chi connectivity index (χ1v) is 6.74. The molecule has 0 saturated heterocycles. The first-order chi connectivity index (χ1) is 7.22. The van der Waals surface area contributed by atoms with E-state index in [-0.39, 0.29) is 0 Å². The molecule has 1 N–H and O–H groups in total. The minimum absolute atomic E-state index is 0.476. The van der Waals surface area contributed by atoms with Crippen LogP contribution in [0.5, 0.6) is 0 Å². The highest BCUT2D eigenvalue weighted by Gasteiger charge is 2.08. The third kappa shape index (κ3) is 5.28. The highest BCUT2D eigenvalue weighted by atomic mass is 32.2. The summed E-state index contributed by atoms with van der Waals surface area (Å²) in [5.74, 6) is 3.43. The van der Waals surface area contributed by atoms with Gasteiger partial charge in [-0.05, 0) is 31.7 Å². The van der Waals surface area contributed by atoms with Gasteiger partial charge < -0.3 is 9.73 Å². The smallest absolute Gasteiger partial charge is 0.105 e. The van der Waals surface area contributed by atoms with Crippen LogP contribution in [-0.2, 0) is 6.42 Å². The van der Waals surface area contributed by atoms with E-state index in [1.807, 2.05) is 23.9 Å². The number of hydrogen-bond donors (Lipinski definition) is 1. The van der Waals surface area contributed by atoms with E-state index >= 15 is 0 Å². The van der Waals surface area contributed by atoms with Crippen LogP contribution in [0.4, 0.5) is 0 Å². The summed E-state index contributed by atoms with van der Waals surface area (Å²) >= 11 is 1.98.